The van der Waals surface area contributed by atoms with Gasteiger partial charge in [0.15, 0.2) is 0 Å². The lowest BCUT2D eigenvalue weighted by Crippen LogP contribution is -2.29. The highest BCUT2D eigenvalue weighted by Crippen LogP contribution is 2.23. The summed E-state index contributed by atoms with van der Waals surface area (Å²) in [5, 5.41) is 0.505. The van der Waals surface area contributed by atoms with Gasteiger partial charge in [-0.25, -0.2) is 4.98 Å². The summed E-state index contributed by atoms with van der Waals surface area (Å²) in [7, 11) is 0. The number of amides is 1. The standard InChI is InChI=1S/C13H18ClN3O/c1-10(18)17-7-2-3-11(4-8-17)9-12-13(14)16-6-5-15-12/h5-6,11H,2-4,7-9H2,1H3/t11-/m1/s1. The Morgan fingerprint density at radius 2 is 2.17 bits per heavy atom. The van der Waals surface area contributed by atoms with Gasteiger partial charge in [0.05, 0.1) is 5.69 Å². The van der Waals surface area contributed by atoms with E-state index >= 15 is 0 Å². The van der Waals surface area contributed by atoms with Crippen molar-refractivity contribution in [1.29, 1.82) is 0 Å². The molecule has 98 valence electrons. The molecule has 18 heavy (non-hydrogen) atoms. The lowest BCUT2D eigenvalue weighted by Gasteiger charge is -2.18. The summed E-state index contributed by atoms with van der Waals surface area (Å²) >= 11 is 6.03. The molecule has 0 aromatic carbocycles. The average molecular weight is 268 g/mol. The zero-order chi connectivity index (χ0) is 13.0. The molecule has 0 saturated carbocycles. The summed E-state index contributed by atoms with van der Waals surface area (Å²) in [5.41, 5.74) is 0.875. The Morgan fingerprint density at radius 1 is 1.39 bits per heavy atom. The maximum absolute atomic E-state index is 11.4. The van der Waals surface area contributed by atoms with Crippen LogP contribution >= 0.6 is 11.6 Å². The van der Waals surface area contributed by atoms with E-state index in [1.165, 1.54) is 0 Å². The molecule has 5 heteroatoms. The molecule has 1 aromatic heterocycles. The van der Waals surface area contributed by atoms with Crippen LogP contribution in [0.3, 0.4) is 0 Å². The first-order valence-corrected chi connectivity index (χ1v) is 6.75. The van der Waals surface area contributed by atoms with Crippen LogP contribution < -0.4 is 0 Å². The molecule has 1 atom stereocenters. The van der Waals surface area contributed by atoms with Gasteiger partial charge in [-0.3, -0.25) is 9.78 Å². The first-order valence-electron chi connectivity index (χ1n) is 6.37. The van der Waals surface area contributed by atoms with Crippen LogP contribution in [-0.4, -0.2) is 33.9 Å². The van der Waals surface area contributed by atoms with Crippen LogP contribution in [-0.2, 0) is 11.2 Å². The Hall–Kier alpha value is -1.16. The molecule has 1 aliphatic rings. The second kappa shape index (κ2) is 6.14. The number of carbonyl (C=O) groups excluding carboxylic acids is 1. The lowest BCUT2D eigenvalue weighted by atomic mass is 9.95. The van der Waals surface area contributed by atoms with Crippen LogP contribution in [0.5, 0.6) is 0 Å². The molecule has 1 fully saturated rings. The molecule has 0 aliphatic carbocycles. The molecular formula is C13H18ClN3O. The molecule has 0 radical (unpaired) electrons. The fourth-order valence-corrected chi connectivity index (χ4v) is 2.63. The molecule has 2 rings (SSSR count). The van der Waals surface area contributed by atoms with E-state index in [9.17, 15) is 4.79 Å². The molecule has 4 nitrogen and oxygen atoms in total. The smallest absolute Gasteiger partial charge is 0.219 e. The summed E-state index contributed by atoms with van der Waals surface area (Å²) in [4.78, 5) is 21.6. The highest BCUT2D eigenvalue weighted by Gasteiger charge is 2.20. The number of aromatic nitrogens is 2. The van der Waals surface area contributed by atoms with Crippen molar-refractivity contribution in [2.75, 3.05) is 13.1 Å². The van der Waals surface area contributed by atoms with Gasteiger partial charge >= 0.3 is 0 Å². The Kier molecular flexibility index (Phi) is 4.53. The first kappa shape index (κ1) is 13.3. The lowest BCUT2D eigenvalue weighted by molar-refractivity contribution is -0.128. The third kappa shape index (κ3) is 3.42. The largest absolute Gasteiger partial charge is 0.343 e. The SMILES string of the molecule is CC(=O)N1CCC[C@@H](Cc2nccnc2Cl)CC1. The molecule has 0 unspecified atom stereocenters. The van der Waals surface area contributed by atoms with Crippen LogP contribution in [0.15, 0.2) is 12.4 Å². The number of nitrogens with zero attached hydrogens (tertiary/aromatic N) is 3. The van der Waals surface area contributed by atoms with Gasteiger partial charge in [0, 0.05) is 32.4 Å². The van der Waals surface area contributed by atoms with E-state index in [2.05, 4.69) is 9.97 Å². The third-order valence-electron chi connectivity index (χ3n) is 3.50. The molecule has 1 saturated heterocycles. The number of carbonyl (C=O) groups is 1. The molecule has 0 N–H and O–H groups in total. The minimum Gasteiger partial charge on any atom is -0.343 e. The maximum atomic E-state index is 11.4. The van der Waals surface area contributed by atoms with Gasteiger partial charge in [0.2, 0.25) is 5.91 Å². The van der Waals surface area contributed by atoms with Crippen molar-refractivity contribution in [3.8, 4) is 0 Å². The summed E-state index contributed by atoms with van der Waals surface area (Å²) in [6.45, 7) is 3.36. The molecule has 0 spiro atoms. The zero-order valence-corrected chi connectivity index (χ0v) is 11.4. The highest BCUT2D eigenvalue weighted by molar-refractivity contribution is 6.29. The quantitative estimate of drug-likeness (QED) is 0.826. The van der Waals surface area contributed by atoms with Gasteiger partial charge < -0.3 is 4.90 Å². The molecule has 2 heterocycles. The summed E-state index contributed by atoms with van der Waals surface area (Å²) in [6.07, 6.45) is 7.35. The predicted octanol–water partition coefficient (Wildman–Crippen LogP) is 2.32. The number of hydrogen-bond acceptors (Lipinski definition) is 3. The number of rotatable bonds is 2. The van der Waals surface area contributed by atoms with Crippen LogP contribution in [0.1, 0.15) is 31.9 Å². The third-order valence-corrected chi connectivity index (χ3v) is 3.81. The fraction of sp³-hybridized carbons (Fsp3) is 0.615. The highest BCUT2D eigenvalue weighted by atomic mass is 35.5. The van der Waals surface area contributed by atoms with Crippen molar-refractivity contribution < 1.29 is 4.79 Å². The van der Waals surface area contributed by atoms with Gasteiger partial charge in [0.1, 0.15) is 5.15 Å². The van der Waals surface area contributed by atoms with E-state index in [0.29, 0.717) is 11.1 Å². The summed E-state index contributed by atoms with van der Waals surface area (Å²) < 4.78 is 0. The summed E-state index contributed by atoms with van der Waals surface area (Å²) in [5.74, 6) is 0.719. The van der Waals surface area contributed by atoms with Gasteiger partial charge in [-0.2, -0.15) is 0 Å². The minimum atomic E-state index is 0.174. The van der Waals surface area contributed by atoms with E-state index in [4.69, 9.17) is 11.6 Å². The number of likely N-dealkylation sites (tertiary alicyclic amines) is 1. The Morgan fingerprint density at radius 3 is 2.89 bits per heavy atom. The van der Waals surface area contributed by atoms with Crippen LogP contribution in [0.2, 0.25) is 5.15 Å². The van der Waals surface area contributed by atoms with Crippen LogP contribution in [0.25, 0.3) is 0 Å². The molecule has 0 bridgehead atoms. The Balaban J connectivity index is 1.95. The van der Waals surface area contributed by atoms with Gasteiger partial charge in [0.25, 0.3) is 0 Å². The predicted molar refractivity (Wildman–Crippen MR) is 70.3 cm³/mol. The molecular weight excluding hydrogens is 250 g/mol. The van der Waals surface area contributed by atoms with Crippen molar-refractivity contribution in [3.05, 3.63) is 23.2 Å². The van der Waals surface area contributed by atoms with Crippen molar-refractivity contribution >= 4 is 17.5 Å². The van der Waals surface area contributed by atoms with Crippen LogP contribution in [0, 0.1) is 5.92 Å². The van der Waals surface area contributed by atoms with Crippen molar-refractivity contribution in [2.45, 2.75) is 32.6 Å². The molecule has 1 aromatic rings. The fourth-order valence-electron chi connectivity index (χ4n) is 2.44. The average Bonchev–Trinajstić information content (AvgIpc) is 2.58. The zero-order valence-electron chi connectivity index (χ0n) is 10.6. The van der Waals surface area contributed by atoms with Gasteiger partial charge in [-0.05, 0) is 31.6 Å². The number of halogens is 1. The first-order chi connectivity index (χ1) is 8.66. The topological polar surface area (TPSA) is 46.1 Å². The number of hydrogen-bond donors (Lipinski definition) is 0. The van der Waals surface area contributed by atoms with Crippen molar-refractivity contribution in [3.63, 3.8) is 0 Å². The molecule has 1 aliphatic heterocycles. The van der Waals surface area contributed by atoms with E-state index in [0.717, 1.165) is 44.5 Å². The summed E-state index contributed by atoms with van der Waals surface area (Å²) in [6, 6.07) is 0. The van der Waals surface area contributed by atoms with Gasteiger partial charge in [-0.1, -0.05) is 11.6 Å². The monoisotopic (exact) mass is 267 g/mol. The van der Waals surface area contributed by atoms with E-state index in [1.54, 1.807) is 19.3 Å². The van der Waals surface area contributed by atoms with E-state index < -0.39 is 0 Å². The van der Waals surface area contributed by atoms with E-state index in [-0.39, 0.29) is 5.91 Å². The second-order valence-corrected chi connectivity index (χ2v) is 5.16. The van der Waals surface area contributed by atoms with Crippen LogP contribution in [0.4, 0.5) is 0 Å². The second-order valence-electron chi connectivity index (χ2n) is 4.80. The van der Waals surface area contributed by atoms with Crippen molar-refractivity contribution in [1.82, 2.24) is 14.9 Å². The van der Waals surface area contributed by atoms with Gasteiger partial charge in [-0.15, -0.1) is 0 Å². The Labute approximate surface area is 112 Å². The Bertz CT molecular complexity index is 424. The molecule has 1 amide bonds. The normalized spacial score (nSPS) is 20.6. The maximum Gasteiger partial charge on any atom is 0.219 e. The minimum absolute atomic E-state index is 0.174. The van der Waals surface area contributed by atoms with Crippen molar-refractivity contribution in [2.24, 2.45) is 5.92 Å². The van der Waals surface area contributed by atoms with E-state index in [1.807, 2.05) is 4.90 Å².